The second-order valence-corrected chi connectivity index (χ2v) is 6.94. The van der Waals surface area contributed by atoms with Crippen LogP contribution in [0.2, 0.25) is 0 Å². The quantitative estimate of drug-likeness (QED) is 0.656. The zero-order chi connectivity index (χ0) is 14.2. The van der Waals surface area contributed by atoms with E-state index in [1.807, 2.05) is 12.1 Å². The fourth-order valence-electron chi connectivity index (χ4n) is 3.58. The summed E-state index contributed by atoms with van der Waals surface area (Å²) in [4.78, 5) is 12.8. The number of halogens is 1. The fourth-order valence-corrected chi connectivity index (χ4v) is 3.94. The van der Waals surface area contributed by atoms with E-state index in [9.17, 15) is 4.79 Å². The van der Waals surface area contributed by atoms with Crippen molar-refractivity contribution >= 4 is 27.4 Å². The van der Waals surface area contributed by atoms with Crippen molar-refractivity contribution in [3.05, 3.63) is 28.2 Å². The number of carbonyl (C=O) groups excluding carboxylic acids is 1. The van der Waals surface area contributed by atoms with E-state index >= 15 is 0 Å². The zero-order valence-electron chi connectivity index (χ0n) is 11.5. The van der Waals surface area contributed by atoms with Crippen molar-refractivity contribution < 1.29 is 9.53 Å². The molecule has 0 bridgehead atoms. The molecule has 1 aliphatic carbocycles. The van der Waals surface area contributed by atoms with Crippen molar-refractivity contribution in [1.82, 2.24) is 0 Å². The summed E-state index contributed by atoms with van der Waals surface area (Å²) in [5.74, 6) is 0.233. The Balaban J connectivity index is 1.81. The molecule has 20 heavy (non-hydrogen) atoms. The van der Waals surface area contributed by atoms with Gasteiger partial charge in [-0.05, 0) is 43.9 Å². The second-order valence-electron chi connectivity index (χ2n) is 6.02. The maximum atomic E-state index is 12.8. The smallest absolute Gasteiger partial charge is 0.168 e. The van der Waals surface area contributed by atoms with Crippen LogP contribution in [-0.4, -0.2) is 18.0 Å². The molecule has 2 N–H and O–H groups in total. The highest BCUT2D eigenvalue weighted by Gasteiger charge is 2.42. The van der Waals surface area contributed by atoms with E-state index in [0.29, 0.717) is 17.9 Å². The Labute approximate surface area is 128 Å². The Morgan fingerprint density at radius 2 is 2.10 bits per heavy atom. The van der Waals surface area contributed by atoms with Crippen LogP contribution in [-0.2, 0) is 4.74 Å². The van der Waals surface area contributed by atoms with Crippen LogP contribution in [0.15, 0.2) is 22.7 Å². The molecule has 1 spiro atoms. The minimum atomic E-state index is -0.0284. The Hall–Kier alpha value is -0.870. The number of hydrogen-bond donors (Lipinski definition) is 1. The van der Waals surface area contributed by atoms with Crippen molar-refractivity contribution in [2.75, 3.05) is 12.3 Å². The highest BCUT2D eigenvalue weighted by Crippen LogP contribution is 2.43. The number of benzene rings is 1. The number of carbonyl (C=O) groups is 1. The normalized spacial score (nSPS) is 24.9. The first-order valence-electron chi connectivity index (χ1n) is 7.33. The summed E-state index contributed by atoms with van der Waals surface area (Å²) in [6.45, 7) is 0.699. The molecule has 1 aromatic rings. The van der Waals surface area contributed by atoms with E-state index in [4.69, 9.17) is 10.5 Å². The highest BCUT2D eigenvalue weighted by molar-refractivity contribution is 9.10. The molecule has 0 radical (unpaired) electrons. The van der Waals surface area contributed by atoms with Crippen molar-refractivity contribution in [3.8, 4) is 0 Å². The lowest BCUT2D eigenvalue weighted by atomic mass is 9.80. The molecule has 1 saturated carbocycles. The van der Waals surface area contributed by atoms with Crippen molar-refractivity contribution in [2.45, 2.75) is 44.1 Å². The van der Waals surface area contributed by atoms with Gasteiger partial charge in [0.1, 0.15) is 0 Å². The van der Waals surface area contributed by atoms with Crippen LogP contribution in [0.1, 0.15) is 48.9 Å². The first kappa shape index (κ1) is 14.1. The fraction of sp³-hybridized carbons (Fsp3) is 0.562. The molecule has 108 valence electrons. The van der Waals surface area contributed by atoms with Crippen LogP contribution in [0.4, 0.5) is 5.69 Å². The molecular formula is C16H20BrNO2. The third-order valence-corrected chi connectivity index (χ3v) is 5.15. The van der Waals surface area contributed by atoms with E-state index in [1.54, 1.807) is 6.07 Å². The summed E-state index contributed by atoms with van der Waals surface area (Å²) >= 11 is 3.42. The van der Waals surface area contributed by atoms with Gasteiger partial charge in [0.25, 0.3) is 0 Å². The Bertz CT molecular complexity index is 523. The number of ketones is 1. The Kier molecular flexibility index (Phi) is 3.87. The molecule has 4 heteroatoms. The van der Waals surface area contributed by atoms with Crippen molar-refractivity contribution in [2.24, 2.45) is 5.92 Å². The molecule has 3 rings (SSSR count). The average molecular weight is 338 g/mol. The number of ether oxygens (including phenoxy) is 1. The molecule has 1 heterocycles. The van der Waals surface area contributed by atoms with Gasteiger partial charge < -0.3 is 10.5 Å². The Morgan fingerprint density at radius 1 is 1.35 bits per heavy atom. The van der Waals surface area contributed by atoms with Crippen LogP contribution in [0.5, 0.6) is 0 Å². The van der Waals surface area contributed by atoms with Gasteiger partial charge in [0.15, 0.2) is 5.78 Å². The summed E-state index contributed by atoms with van der Waals surface area (Å²) in [5.41, 5.74) is 7.17. The molecule has 3 nitrogen and oxygen atoms in total. The molecule has 1 aliphatic heterocycles. The lowest BCUT2D eigenvalue weighted by Gasteiger charge is -2.37. The van der Waals surface area contributed by atoms with Crippen LogP contribution >= 0.6 is 15.9 Å². The number of rotatable bonds is 2. The molecule has 0 amide bonds. The van der Waals surface area contributed by atoms with Gasteiger partial charge in [-0.3, -0.25) is 4.79 Å². The summed E-state index contributed by atoms with van der Waals surface area (Å²) in [7, 11) is 0. The minimum absolute atomic E-state index is 0.0284. The molecule has 1 saturated heterocycles. The van der Waals surface area contributed by atoms with Crippen LogP contribution in [0, 0.1) is 5.92 Å². The van der Waals surface area contributed by atoms with E-state index in [1.165, 1.54) is 12.8 Å². The lowest BCUT2D eigenvalue weighted by molar-refractivity contribution is -0.0866. The summed E-state index contributed by atoms with van der Waals surface area (Å²) in [5, 5.41) is 0. The average Bonchev–Trinajstić information content (AvgIpc) is 2.88. The van der Waals surface area contributed by atoms with Crippen LogP contribution in [0.25, 0.3) is 0 Å². The SMILES string of the molecule is Nc1ccc(Br)cc1C(=O)C1CCOC2(CCCC2)C1. The van der Waals surface area contributed by atoms with Gasteiger partial charge in [0.2, 0.25) is 0 Å². The Morgan fingerprint density at radius 3 is 2.85 bits per heavy atom. The van der Waals surface area contributed by atoms with Gasteiger partial charge >= 0.3 is 0 Å². The third-order valence-electron chi connectivity index (χ3n) is 4.66. The summed E-state index contributed by atoms with van der Waals surface area (Å²) in [6, 6.07) is 5.50. The summed E-state index contributed by atoms with van der Waals surface area (Å²) < 4.78 is 6.90. The first-order chi connectivity index (χ1) is 9.60. The molecule has 1 unspecified atom stereocenters. The summed E-state index contributed by atoms with van der Waals surface area (Å²) in [6.07, 6.45) is 6.32. The molecule has 2 fully saturated rings. The number of nitrogen functional groups attached to an aromatic ring is 1. The lowest BCUT2D eigenvalue weighted by Crippen LogP contribution is -2.39. The molecule has 0 aromatic heterocycles. The minimum Gasteiger partial charge on any atom is -0.398 e. The van der Waals surface area contributed by atoms with Gasteiger partial charge in [-0.1, -0.05) is 28.8 Å². The molecule has 1 aromatic carbocycles. The number of Topliss-reactive ketones (excluding diaryl/α,β-unsaturated/α-hetero) is 1. The second kappa shape index (κ2) is 5.49. The van der Waals surface area contributed by atoms with E-state index in [2.05, 4.69) is 15.9 Å². The highest BCUT2D eigenvalue weighted by atomic mass is 79.9. The maximum Gasteiger partial charge on any atom is 0.168 e. The van der Waals surface area contributed by atoms with E-state index in [0.717, 1.165) is 30.2 Å². The van der Waals surface area contributed by atoms with Gasteiger partial charge in [0.05, 0.1) is 5.60 Å². The van der Waals surface area contributed by atoms with Gasteiger partial charge in [-0.15, -0.1) is 0 Å². The number of hydrogen-bond acceptors (Lipinski definition) is 3. The van der Waals surface area contributed by atoms with Gasteiger partial charge in [-0.25, -0.2) is 0 Å². The first-order valence-corrected chi connectivity index (χ1v) is 8.12. The van der Waals surface area contributed by atoms with Gasteiger partial charge in [-0.2, -0.15) is 0 Å². The van der Waals surface area contributed by atoms with Crippen LogP contribution in [0.3, 0.4) is 0 Å². The molecule has 2 aliphatic rings. The molecule has 1 atom stereocenters. The van der Waals surface area contributed by atoms with Gasteiger partial charge in [0, 0.05) is 28.2 Å². The molecular weight excluding hydrogens is 318 g/mol. The van der Waals surface area contributed by atoms with E-state index < -0.39 is 0 Å². The monoisotopic (exact) mass is 337 g/mol. The zero-order valence-corrected chi connectivity index (χ0v) is 13.1. The topological polar surface area (TPSA) is 52.3 Å². The predicted molar refractivity (Wildman–Crippen MR) is 82.8 cm³/mol. The van der Waals surface area contributed by atoms with Crippen molar-refractivity contribution in [1.29, 1.82) is 0 Å². The maximum absolute atomic E-state index is 12.8. The van der Waals surface area contributed by atoms with Crippen molar-refractivity contribution in [3.63, 3.8) is 0 Å². The largest absolute Gasteiger partial charge is 0.398 e. The number of anilines is 1. The number of nitrogens with two attached hydrogens (primary N) is 1. The predicted octanol–water partition coefficient (Wildman–Crippen LogP) is 3.95. The van der Waals surface area contributed by atoms with Crippen LogP contribution < -0.4 is 5.73 Å². The standard InChI is InChI=1S/C16H20BrNO2/c17-12-3-4-14(18)13(9-12)15(19)11-5-8-20-16(10-11)6-1-2-7-16/h3-4,9,11H,1-2,5-8,10,18H2. The third kappa shape index (κ3) is 2.63. The van der Waals surface area contributed by atoms with E-state index in [-0.39, 0.29) is 17.3 Å².